The summed E-state index contributed by atoms with van der Waals surface area (Å²) in [5.41, 5.74) is 0. The normalized spacial score (nSPS) is 12.2. The smallest absolute Gasteiger partial charge is 0.306 e. The first kappa shape index (κ1) is 45.9. The molecule has 0 aliphatic carbocycles. The van der Waals surface area contributed by atoms with Gasteiger partial charge in [-0.1, -0.05) is 175 Å². The number of ether oxygens (including phenoxy) is 1. The van der Waals surface area contributed by atoms with E-state index in [1.54, 1.807) is 0 Å². The third-order valence-corrected chi connectivity index (χ3v) is 10.1. The van der Waals surface area contributed by atoms with Gasteiger partial charge in [0.15, 0.2) is 0 Å². The highest BCUT2D eigenvalue weighted by Crippen LogP contribution is 2.30. The second kappa shape index (κ2) is 37.7. The number of nitrogens with one attached hydrogen (secondary N) is 1. The van der Waals surface area contributed by atoms with E-state index in [-0.39, 0.29) is 11.9 Å². The maximum Gasteiger partial charge on any atom is 0.306 e. The molecule has 1 atom stereocenters. The van der Waals surface area contributed by atoms with Crippen LogP contribution in [-0.2, 0) is 14.3 Å². The summed E-state index contributed by atoms with van der Waals surface area (Å²) in [6.45, 7) is 9.49. The highest BCUT2D eigenvalue weighted by Gasteiger charge is 2.27. The van der Waals surface area contributed by atoms with Gasteiger partial charge in [0.1, 0.15) is 0 Å². The van der Waals surface area contributed by atoms with Gasteiger partial charge >= 0.3 is 11.9 Å². The van der Waals surface area contributed by atoms with E-state index >= 15 is 0 Å². The molecule has 0 aromatic carbocycles. The highest BCUT2D eigenvalue weighted by atomic mass is 16.5. The first-order valence-electron chi connectivity index (χ1n) is 21.2. The van der Waals surface area contributed by atoms with Crippen LogP contribution < -0.4 is 5.32 Å². The van der Waals surface area contributed by atoms with Gasteiger partial charge < -0.3 is 15.2 Å². The van der Waals surface area contributed by atoms with E-state index in [4.69, 9.17) is 4.74 Å². The predicted octanol–water partition coefficient (Wildman–Crippen LogP) is 13.0. The summed E-state index contributed by atoms with van der Waals surface area (Å²) in [6.07, 6.45) is 38.0. The predicted molar refractivity (Wildman–Crippen MR) is 203 cm³/mol. The monoisotopic (exact) mass is 666 g/mol. The lowest BCUT2D eigenvalue weighted by Crippen LogP contribution is -2.24. The standard InChI is InChI=1S/C42H83NO4/c1-4-7-10-13-16-24-31-38-47-41(44)35-28-20-17-22-29-36-43-37-30-23-21-27-34-40(42(45)46)39(32-25-18-14-11-8-5-2)33-26-19-15-12-9-6-3/h39-40,43H,4-38H2,1-3H3,(H,45,46). The second-order valence-corrected chi connectivity index (χ2v) is 14.6. The Morgan fingerprint density at radius 3 is 1.34 bits per heavy atom. The summed E-state index contributed by atoms with van der Waals surface area (Å²) >= 11 is 0. The molecule has 5 heteroatoms. The van der Waals surface area contributed by atoms with E-state index in [1.165, 1.54) is 148 Å². The number of carbonyl (C=O) groups excluding carboxylic acids is 1. The molecule has 0 aromatic rings. The second-order valence-electron chi connectivity index (χ2n) is 14.6. The highest BCUT2D eigenvalue weighted by molar-refractivity contribution is 5.70. The maximum absolute atomic E-state index is 12.3. The molecule has 0 saturated carbocycles. The van der Waals surface area contributed by atoms with Crippen molar-refractivity contribution in [1.82, 2.24) is 5.32 Å². The first-order chi connectivity index (χ1) is 23.1. The van der Waals surface area contributed by atoms with Gasteiger partial charge in [-0.05, 0) is 64.0 Å². The summed E-state index contributed by atoms with van der Waals surface area (Å²) in [4.78, 5) is 24.2. The molecule has 5 nitrogen and oxygen atoms in total. The van der Waals surface area contributed by atoms with E-state index in [2.05, 4.69) is 26.1 Å². The Kier molecular flexibility index (Phi) is 36.8. The third kappa shape index (κ3) is 33.2. The number of aliphatic carboxylic acids is 1. The lowest BCUT2D eigenvalue weighted by Gasteiger charge is -2.24. The Bertz CT molecular complexity index is 639. The van der Waals surface area contributed by atoms with Gasteiger partial charge in [0, 0.05) is 6.42 Å². The van der Waals surface area contributed by atoms with Crippen LogP contribution in [0.15, 0.2) is 0 Å². The van der Waals surface area contributed by atoms with Crippen molar-refractivity contribution in [3.8, 4) is 0 Å². The minimum Gasteiger partial charge on any atom is -0.481 e. The van der Waals surface area contributed by atoms with Crippen LogP contribution in [0.2, 0.25) is 0 Å². The Balaban J connectivity index is 3.89. The molecule has 2 N–H and O–H groups in total. The minimum atomic E-state index is -0.549. The largest absolute Gasteiger partial charge is 0.481 e. The van der Waals surface area contributed by atoms with E-state index in [0.29, 0.717) is 18.9 Å². The van der Waals surface area contributed by atoms with Crippen molar-refractivity contribution < 1.29 is 19.4 Å². The van der Waals surface area contributed by atoms with Gasteiger partial charge in [-0.15, -0.1) is 0 Å². The zero-order chi connectivity index (χ0) is 34.5. The van der Waals surface area contributed by atoms with Gasteiger partial charge in [0.25, 0.3) is 0 Å². The molecule has 0 aliphatic rings. The summed E-state index contributed by atoms with van der Waals surface area (Å²) < 4.78 is 5.39. The van der Waals surface area contributed by atoms with Crippen molar-refractivity contribution in [2.75, 3.05) is 19.7 Å². The molecule has 0 aliphatic heterocycles. The molecule has 1 unspecified atom stereocenters. The summed E-state index contributed by atoms with van der Waals surface area (Å²) in [5.74, 6) is -0.357. The van der Waals surface area contributed by atoms with Crippen LogP contribution in [0.25, 0.3) is 0 Å². The molecular weight excluding hydrogens is 582 g/mol. The average Bonchev–Trinajstić information content (AvgIpc) is 3.06. The van der Waals surface area contributed by atoms with Gasteiger partial charge in [0.05, 0.1) is 12.5 Å². The van der Waals surface area contributed by atoms with Crippen molar-refractivity contribution in [3.63, 3.8) is 0 Å². The van der Waals surface area contributed by atoms with E-state index in [1.807, 2.05) is 0 Å². The summed E-state index contributed by atoms with van der Waals surface area (Å²) in [7, 11) is 0. The topological polar surface area (TPSA) is 75.6 Å². The van der Waals surface area contributed by atoms with E-state index < -0.39 is 5.97 Å². The molecule has 0 heterocycles. The summed E-state index contributed by atoms with van der Waals surface area (Å²) in [5, 5.41) is 13.7. The van der Waals surface area contributed by atoms with Gasteiger partial charge in [-0.25, -0.2) is 0 Å². The SMILES string of the molecule is CCCCCCCCCOC(=O)CCCCCCCNCCCCCCC(C(=O)O)C(CCCCCCCC)CCCCCCCC. The van der Waals surface area contributed by atoms with E-state index in [9.17, 15) is 14.7 Å². The molecule has 0 bridgehead atoms. The quantitative estimate of drug-likeness (QED) is 0.0505. The number of carbonyl (C=O) groups is 2. The molecule has 280 valence electrons. The molecule has 0 radical (unpaired) electrons. The number of carboxylic acid groups (broad SMARTS) is 1. The molecule has 0 saturated heterocycles. The molecular formula is C42H83NO4. The Hall–Kier alpha value is -1.10. The fourth-order valence-corrected chi connectivity index (χ4v) is 6.94. The zero-order valence-electron chi connectivity index (χ0n) is 32.1. The third-order valence-electron chi connectivity index (χ3n) is 10.1. The minimum absolute atomic E-state index is 0.0164. The zero-order valence-corrected chi connectivity index (χ0v) is 32.1. The molecule has 47 heavy (non-hydrogen) atoms. The average molecular weight is 666 g/mol. The number of esters is 1. The van der Waals surface area contributed by atoms with Crippen LogP contribution in [0.1, 0.15) is 226 Å². The Morgan fingerprint density at radius 2 is 0.872 bits per heavy atom. The lowest BCUT2D eigenvalue weighted by molar-refractivity contribution is -0.145. The number of hydrogen-bond acceptors (Lipinski definition) is 4. The van der Waals surface area contributed by atoms with Crippen molar-refractivity contribution in [2.45, 2.75) is 226 Å². The van der Waals surface area contributed by atoms with Crippen molar-refractivity contribution in [3.05, 3.63) is 0 Å². The number of carboxylic acids is 1. The molecule has 0 rings (SSSR count). The van der Waals surface area contributed by atoms with Crippen LogP contribution in [0, 0.1) is 11.8 Å². The fourth-order valence-electron chi connectivity index (χ4n) is 6.94. The number of hydrogen-bond donors (Lipinski definition) is 2. The molecule has 0 spiro atoms. The molecule has 0 fully saturated rings. The van der Waals surface area contributed by atoms with Crippen LogP contribution >= 0.6 is 0 Å². The van der Waals surface area contributed by atoms with Crippen LogP contribution in [0.4, 0.5) is 0 Å². The summed E-state index contributed by atoms with van der Waals surface area (Å²) in [6, 6.07) is 0. The lowest BCUT2D eigenvalue weighted by atomic mass is 9.80. The van der Waals surface area contributed by atoms with Gasteiger partial charge in [0.2, 0.25) is 0 Å². The van der Waals surface area contributed by atoms with Crippen LogP contribution in [0.3, 0.4) is 0 Å². The van der Waals surface area contributed by atoms with Crippen molar-refractivity contribution in [1.29, 1.82) is 0 Å². The van der Waals surface area contributed by atoms with Gasteiger partial charge in [-0.2, -0.15) is 0 Å². The van der Waals surface area contributed by atoms with Crippen molar-refractivity contribution >= 4 is 11.9 Å². The van der Waals surface area contributed by atoms with Crippen LogP contribution in [0.5, 0.6) is 0 Å². The number of rotatable bonds is 39. The van der Waals surface area contributed by atoms with Crippen LogP contribution in [-0.4, -0.2) is 36.7 Å². The maximum atomic E-state index is 12.3. The fraction of sp³-hybridized carbons (Fsp3) is 0.952. The van der Waals surface area contributed by atoms with Crippen molar-refractivity contribution in [2.24, 2.45) is 11.8 Å². The van der Waals surface area contributed by atoms with E-state index in [0.717, 1.165) is 64.5 Å². The number of unbranched alkanes of at least 4 members (excludes halogenated alkanes) is 23. The molecule has 0 amide bonds. The van der Waals surface area contributed by atoms with Gasteiger partial charge in [-0.3, -0.25) is 9.59 Å². The first-order valence-corrected chi connectivity index (χ1v) is 21.2. The molecule has 0 aromatic heterocycles. The Labute approximate surface area is 293 Å². The Morgan fingerprint density at radius 1 is 0.489 bits per heavy atom.